The lowest BCUT2D eigenvalue weighted by atomic mass is 9.83. The minimum absolute atomic E-state index is 0.0554. The van der Waals surface area contributed by atoms with Crippen LogP contribution in [0.5, 0.6) is 5.75 Å². The number of hydrogen-bond donors (Lipinski definition) is 1. The topological polar surface area (TPSA) is 58.6 Å². The fraction of sp³-hybridized carbons (Fsp3) is 0.333. The summed E-state index contributed by atoms with van der Waals surface area (Å²) in [7, 11) is 1.42. The van der Waals surface area contributed by atoms with Crippen molar-refractivity contribution in [2.45, 2.75) is 45.1 Å². The highest BCUT2D eigenvalue weighted by atomic mass is 19.1. The maximum absolute atomic E-state index is 14.8. The van der Waals surface area contributed by atoms with E-state index in [9.17, 15) is 14.0 Å². The minimum atomic E-state index is -0.642. The SMILES string of the molecule is COc1cccc(F)c1C(=O)N1CCCC(C(=O)Nc2cccc(C(C)(C)C)c2)[C@@H]1c1ccccc1. The molecular weight excluding hydrogens is 455 g/mol. The van der Waals surface area contributed by atoms with Crippen LogP contribution in [0.25, 0.3) is 0 Å². The van der Waals surface area contributed by atoms with Crippen LogP contribution < -0.4 is 10.1 Å². The summed E-state index contributed by atoms with van der Waals surface area (Å²) >= 11 is 0. The molecule has 1 N–H and O–H groups in total. The van der Waals surface area contributed by atoms with Crippen molar-refractivity contribution in [2.75, 3.05) is 19.0 Å². The van der Waals surface area contributed by atoms with Crippen molar-refractivity contribution < 1.29 is 18.7 Å². The van der Waals surface area contributed by atoms with Gasteiger partial charge in [0.25, 0.3) is 5.91 Å². The third-order valence-electron chi connectivity index (χ3n) is 6.78. The van der Waals surface area contributed by atoms with Gasteiger partial charge < -0.3 is 15.0 Å². The lowest BCUT2D eigenvalue weighted by molar-refractivity contribution is -0.123. The molecule has 36 heavy (non-hydrogen) atoms. The summed E-state index contributed by atoms with van der Waals surface area (Å²) in [6.45, 7) is 6.79. The Morgan fingerprint density at radius 3 is 2.42 bits per heavy atom. The molecule has 0 saturated carbocycles. The Morgan fingerprint density at radius 2 is 1.72 bits per heavy atom. The smallest absolute Gasteiger partial charge is 0.261 e. The molecule has 1 fully saturated rings. The molecule has 188 valence electrons. The van der Waals surface area contributed by atoms with Gasteiger partial charge in [-0.25, -0.2) is 4.39 Å². The van der Waals surface area contributed by atoms with Gasteiger partial charge in [0, 0.05) is 12.2 Å². The number of piperidine rings is 1. The number of methoxy groups -OCH3 is 1. The van der Waals surface area contributed by atoms with Gasteiger partial charge >= 0.3 is 0 Å². The summed E-state index contributed by atoms with van der Waals surface area (Å²) in [5.74, 6) is -1.60. The summed E-state index contributed by atoms with van der Waals surface area (Å²) < 4.78 is 20.1. The second-order valence-electron chi connectivity index (χ2n) is 10.2. The minimum Gasteiger partial charge on any atom is -0.496 e. The van der Waals surface area contributed by atoms with Gasteiger partial charge in [-0.2, -0.15) is 0 Å². The molecule has 1 aliphatic heterocycles. The molecule has 0 bridgehead atoms. The van der Waals surface area contributed by atoms with Crippen LogP contribution in [0.1, 0.15) is 61.1 Å². The molecule has 0 aliphatic carbocycles. The molecule has 1 saturated heterocycles. The average molecular weight is 489 g/mol. The van der Waals surface area contributed by atoms with Gasteiger partial charge in [-0.15, -0.1) is 0 Å². The number of likely N-dealkylation sites (tertiary alicyclic amines) is 1. The van der Waals surface area contributed by atoms with E-state index in [1.165, 1.54) is 19.2 Å². The molecule has 2 amide bonds. The molecule has 4 rings (SSSR count). The summed E-state index contributed by atoms with van der Waals surface area (Å²) in [4.78, 5) is 29.0. The Balaban J connectivity index is 1.69. The number of carbonyl (C=O) groups excluding carboxylic acids is 2. The first kappa shape index (κ1) is 25.4. The van der Waals surface area contributed by atoms with E-state index in [-0.39, 0.29) is 22.6 Å². The Bertz CT molecular complexity index is 1240. The van der Waals surface area contributed by atoms with Gasteiger partial charge in [0.05, 0.1) is 19.1 Å². The van der Waals surface area contributed by atoms with Crippen molar-refractivity contribution in [1.29, 1.82) is 0 Å². The molecule has 0 radical (unpaired) electrons. The molecule has 1 unspecified atom stereocenters. The number of anilines is 1. The molecule has 3 aromatic carbocycles. The average Bonchev–Trinajstić information content (AvgIpc) is 2.87. The van der Waals surface area contributed by atoms with Gasteiger partial charge in [0.2, 0.25) is 5.91 Å². The first-order valence-electron chi connectivity index (χ1n) is 12.3. The fourth-order valence-corrected chi connectivity index (χ4v) is 4.88. The summed E-state index contributed by atoms with van der Waals surface area (Å²) in [5, 5.41) is 3.08. The largest absolute Gasteiger partial charge is 0.496 e. The Hall–Kier alpha value is -3.67. The monoisotopic (exact) mass is 488 g/mol. The van der Waals surface area contributed by atoms with Gasteiger partial charge in [-0.05, 0) is 53.6 Å². The van der Waals surface area contributed by atoms with Crippen LogP contribution in [-0.4, -0.2) is 30.4 Å². The van der Waals surface area contributed by atoms with Crippen LogP contribution in [0.3, 0.4) is 0 Å². The zero-order valence-electron chi connectivity index (χ0n) is 21.3. The first-order chi connectivity index (χ1) is 17.2. The van der Waals surface area contributed by atoms with Crippen LogP contribution in [0.4, 0.5) is 10.1 Å². The summed E-state index contributed by atoms with van der Waals surface area (Å²) in [5.41, 5.74) is 2.51. The number of benzene rings is 3. The van der Waals surface area contributed by atoms with E-state index in [2.05, 4.69) is 26.1 Å². The maximum Gasteiger partial charge on any atom is 0.261 e. The number of nitrogens with one attached hydrogen (secondary N) is 1. The van der Waals surface area contributed by atoms with Gasteiger partial charge in [0.15, 0.2) is 0 Å². The van der Waals surface area contributed by atoms with Crippen LogP contribution >= 0.6 is 0 Å². The third kappa shape index (κ3) is 5.27. The molecule has 0 aromatic heterocycles. The van der Waals surface area contributed by atoms with E-state index in [0.29, 0.717) is 19.4 Å². The number of rotatable bonds is 5. The Morgan fingerprint density at radius 1 is 1.00 bits per heavy atom. The van der Waals surface area contributed by atoms with Crippen LogP contribution in [-0.2, 0) is 10.2 Å². The Labute approximate surface area is 212 Å². The van der Waals surface area contributed by atoms with Crippen molar-refractivity contribution in [3.63, 3.8) is 0 Å². The van der Waals surface area contributed by atoms with Crippen molar-refractivity contribution in [3.05, 3.63) is 95.3 Å². The maximum atomic E-state index is 14.8. The van der Waals surface area contributed by atoms with Crippen LogP contribution in [0.2, 0.25) is 0 Å². The highest BCUT2D eigenvalue weighted by Crippen LogP contribution is 2.39. The zero-order valence-corrected chi connectivity index (χ0v) is 21.3. The number of carbonyl (C=O) groups is 2. The second kappa shape index (κ2) is 10.5. The molecule has 0 spiro atoms. The lowest BCUT2D eigenvalue weighted by Gasteiger charge is -2.41. The van der Waals surface area contributed by atoms with E-state index >= 15 is 0 Å². The zero-order chi connectivity index (χ0) is 25.9. The van der Waals surface area contributed by atoms with Crippen molar-refractivity contribution in [2.24, 2.45) is 5.92 Å². The van der Waals surface area contributed by atoms with Gasteiger partial charge in [0.1, 0.15) is 17.1 Å². The summed E-state index contributed by atoms with van der Waals surface area (Å²) in [6.07, 6.45) is 1.24. The molecule has 3 aromatic rings. The quantitative estimate of drug-likeness (QED) is 0.454. The highest BCUT2D eigenvalue weighted by Gasteiger charge is 2.41. The number of ether oxygens (including phenoxy) is 1. The second-order valence-corrected chi connectivity index (χ2v) is 10.2. The van der Waals surface area contributed by atoms with E-state index in [0.717, 1.165) is 16.8 Å². The van der Waals surface area contributed by atoms with Crippen LogP contribution in [0.15, 0.2) is 72.8 Å². The van der Waals surface area contributed by atoms with Gasteiger partial charge in [-0.1, -0.05) is 69.3 Å². The molecule has 2 atom stereocenters. The molecule has 5 nitrogen and oxygen atoms in total. The molecule has 6 heteroatoms. The number of amides is 2. The van der Waals surface area contributed by atoms with Gasteiger partial charge in [-0.3, -0.25) is 9.59 Å². The van der Waals surface area contributed by atoms with E-state index in [1.54, 1.807) is 11.0 Å². The molecule has 1 heterocycles. The predicted molar refractivity (Wildman–Crippen MR) is 140 cm³/mol. The standard InChI is InChI=1S/C30H33FN2O3/c1-30(2,3)21-13-8-14-22(19-21)32-28(34)23-15-10-18-33(27(23)20-11-6-5-7-12-20)29(35)26-24(31)16-9-17-25(26)36-4/h5-9,11-14,16-17,19,23,27H,10,15,18H2,1-4H3,(H,32,34)/t23?,27-/m0/s1. The molecular formula is C30H33FN2O3. The fourth-order valence-electron chi connectivity index (χ4n) is 4.88. The number of hydrogen-bond acceptors (Lipinski definition) is 3. The van der Waals surface area contributed by atoms with Crippen molar-refractivity contribution in [3.8, 4) is 5.75 Å². The number of nitrogens with zero attached hydrogens (tertiary/aromatic N) is 1. The Kier molecular flexibility index (Phi) is 7.43. The van der Waals surface area contributed by atoms with E-state index < -0.39 is 23.7 Å². The third-order valence-corrected chi connectivity index (χ3v) is 6.78. The van der Waals surface area contributed by atoms with Crippen LogP contribution in [0, 0.1) is 11.7 Å². The van der Waals surface area contributed by atoms with E-state index in [4.69, 9.17) is 4.74 Å². The lowest BCUT2D eigenvalue weighted by Crippen LogP contribution is -2.46. The normalized spacial score (nSPS) is 18.0. The molecule has 1 aliphatic rings. The number of halogens is 1. The first-order valence-corrected chi connectivity index (χ1v) is 12.3. The predicted octanol–water partition coefficient (Wildman–Crippen LogP) is 6.36. The van der Waals surface area contributed by atoms with Crippen molar-refractivity contribution >= 4 is 17.5 Å². The van der Waals surface area contributed by atoms with E-state index in [1.807, 2.05) is 54.6 Å². The van der Waals surface area contributed by atoms with Crippen molar-refractivity contribution in [1.82, 2.24) is 4.90 Å². The summed E-state index contributed by atoms with van der Waals surface area (Å²) in [6, 6.07) is 21.1. The highest BCUT2D eigenvalue weighted by molar-refractivity contribution is 5.99.